The smallest absolute Gasteiger partial charge is 0.353 e. The van der Waals surface area contributed by atoms with Crippen LogP contribution in [0.2, 0.25) is 10.0 Å². The second-order valence-electron chi connectivity index (χ2n) is 4.12. The van der Waals surface area contributed by atoms with E-state index in [1.165, 1.54) is 12.1 Å². The van der Waals surface area contributed by atoms with Crippen LogP contribution in [0.15, 0.2) is 36.4 Å². The van der Waals surface area contributed by atoms with Crippen molar-refractivity contribution in [2.45, 2.75) is 6.18 Å². The highest BCUT2D eigenvalue weighted by Gasteiger charge is 2.31. The van der Waals surface area contributed by atoms with Crippen LogP contribution in [0.4, 0.5) is 24.5 Å². The molecule has 0 amide bonds. The van der Waals surface area contributed by atoms with E-state index in [2.05, 4.69) is 5.32 Å². The Labute approximate surface area is 128 Å². The Hall–Kier alpha value is -1.90. The molecule has 1 N–H and O–H groups in total. The van der Waals surface area contributed by atoms with Crippen LogP contribution >= 0.6 is 23.2 Å². The van der Waals surface area contributed by atoms with E-state index in [0.717, 1.165) is 12.1 Å². The molecule has 21 heavy (non-hydrogen) atoms. The summed E-state index contributed by atoms with van der Waals surface area (Å²) in [5.41, 5.74) is -0.405. The zero-order chi connectivity index (χ0) is 15.6. The molecule has 0 aromatic heterocycles. The van der Waals surface area contributed by atoms with Crippen molar-refractivity contribution in [2.24, 2.45) is 0 Å². The predicted molar refractivity (Wildman–Crippen MR) is 75.9 cm³/mol. The Kier molecular flexibility index (Phi) is 4.31. The third-order valence-corrected chi connectivity index (χ3v) is 3.23. The first-order valence-electron chi connectivity index (χ1n) is 5.64. The minimum absolute atomic E-state index is 0.138. The fourth-order valence-corrected chi connectivity index (χ4v) is 2.00. The number of hydrogen-bond donors (Lipinski definition) is 1. The van der Waals surface area contributed by atoms with Gasteiger partial charge in [0.2, 0.25) is 0 Å². The van der Waals surface area contributed by atoms with E-state index in [9.17, 15) is 13.2 Å². The highest BCUT2D eigenvalue weighted by atomic mass is 35.5. The molecule has 0 aliphatic rings. The molecule has 2 aromatic rings. The molecule has 2 nitrogen and oxygen atoms in total. The maximum Gasteiger partial charge on any atom is 0.416 e. The first kappa shape index (κ1) is 15.5. The lowest BCUT2D eigenvalue weighted by Gasteiger charge is -2.13. The summed E-state index contributed by atoms with van der Waals surface area (Å²) in [7, 11) is 0. The van der Waals surface area contributed by atoms with Crippen molar-refractivity contribution in [2.75, 3.05) is 5.32 Å². The predicted octanol–water partition coefficient (Wildman–Crippen LogP) is 5.63. The van der Waals surface area contributed by atoms with Crippen molar-refractivity contribution in [3.05, 3.63) is 57.6 Å². The number of rotatable bonds is 2. The molecule has 0 atom stereocenters. The lowest BCUT2D eigenvalue weighted by atomic mass is 10.1. The van der Waals surface area contributed by atoms with Gasteiger partial charge in [-0.25, -0.2) is 0 Å². The number of nitrogens with zero attached hydrogens (tertiary/aromatic N) is 1. The van der Waals surface area contributed by atoms with E-state index in [-0.39, 0.29) is 11.3 Å². The largest absolute Gasteiger partial charge is 0.416 e. The minimum Gasteiger partial charge on any atom is -0.353 e. The van der Waals surface area contributed by atoms with Gasteiger partial charge in [-0.3, -0.25) is 0 Å². The van der Waals surface area contributed by atoms with E-state index < -0.39 is 11.7 Å². The van der Waals surface area contributed by atoms with Crippen LogP contribution in [0.5, 0.6) is 0 Å². The molecule has 0 unspecified atom stereocenters. The number of hydrogen-bond acceptors (Lipinski definition) is 2. The molecular formula is C14H7Cl2F3N2. The Morgan fingerprint density at radius 2 is 1.71 bits per heavy atom. The average Bonchev–Trinajstić information content (AvgIpc) is 2.42. The van der Waals surface area contributed by atoms with E-state index in [1.807, 2.05) is 0 Å². The average molecular weight is 331 g/mol. The SMILES string of the molecule is N#Cc1cc(C(F)(F)F)ccc1Nc1cc(Cl)ccc1Cl. The topological polar surface area (TPSA) is 35.8 Å². The Morgan fingerprint density at radius 1 is 1.00 bits per heavy atom. The second kappa shape index (κ2) is 5.84. The fourth-order valence-electron chi connectivity index (χ4n) is 1.66. The summed E-state index contributed by atoms with van der Waals surface area (Å²) in [5.74, 6) is 0. The number of nitriles is 1. The van der Waals surface area contributed by atoms with Crippen molar-refractivity contribution in [1.82, 2.24) is 0 Å². The van der Waals surface area contributed by atoms with Crippen LogP contribution in [0.25, 0.3) is 0 Å². The fraction of sp³-hybridized carbons (Fsp3) is 0.0714. The molecule has 0 heterocycles. The van der Waals surface area contributed by atoms with Gasteiger partial charge in [0, 0.05) is 5.02 Å². The van der Waals surface area contributed by atoms with Crippen LogP contribution in [0, 0.1) is 11.3 Å². The van der Waals surface area contributed by atoms with Crippen molar-refractivity contribution in [1.29, 1.82) is 5.26 Å². The van der Waals surface area contributed by atoms with Crippen molar-refractivity contribution >= 4 is 34.6 Å². The summed E-state index contributed by atoms with van der Waals surface area (Å²) in [6, 6.07) is 9.21. The van der Waals surface area contributed by atoms with Gasteiger partial charge in [-0.15, -0.1) is 0 Å². The summed E-state index contributed by atoms with van der Waals surface area (Å²) in [6.07, 6.45) is -4.50. The number of halogens is 5. The zero-order valence-corrected chi connectivity index (χ0v) is 11.8. The monoisotopic (exact) mass is 330 g/mol. The van der Waals surface area contributed by atoms with Gasteiger partial charge in [0.15, 0.2) is 0 Å². The van der Waals surface area contributed by atoms with Gasteiger partial charge >= 0.3 is 6.18 Å². The molecule has 0 aliphatic heterocycles. The minimum atomic E-state index is -4.50. The summed E-state index contributed by atoms with van der Waals surface area (Å²) >= 11 is 11.8. The van der Waals surface area contributed by atoms with E-state index in [4.69, 9.17) is 28.5 Å². The van der Waals surface area contributed by atoms with Gasteiger partial charge in [-0.1, -0.05) is 23.2 Å². The summed E-state index contributed by atoms with van der Waals surface area (Å²) in [4.78, 5) is 0. The van der Waals surface area contributed by atoms with Gasteiger partial charge in [-0.05, 0) is 36.4 Å². The molecule has 0 bridgehead atoms. The van der Waals surface area contributed by atoms with Gasteiger partial charge in [0.25, 0.3) is 0 Å². The number of benzene rings is 2. The molecule has 0 radical (unpaired) electrons. The standard InChI is InChI=1S/C14H7Cl2F3N2/c15-10-2-3-11(16)13(6-10)21-12-4-1-9(14(17,18)19)5-8(12)7-20/h1-6,21H. The number of nitrogens with one attached hydrogen (secondary N) is 1. The lowest BCUT2D eigenvalue weighted by molar-refractivity contribution is -0.137. The van der Waals surface area contributed by atoms with Gasteiger partial charge in [0.1, 0.15) is 6.07 Å². The maximum absolute atomic E-state index is 12.6. The molecule has 0 saturated carbocycles. The molecule has 2 rings (SSSR count). The van der Waals surface area contributed by atoms with Crippen LogP contribution in [-0.2, 0) is 6.18 Å². The number of alkyl halides is 3. The van der Waals surface area contributed by atoms with Crippen LogP contribution < -0.4 is 5.32 Å². The Balaban J connectivity index is 2.41. The third-order valence-electron chi connectivity index (χ3n) is 2.67. The molecule has 7 heteroatoms. The quantitative estimate of drug-likeness (QED) is 0.774. The number of anilines is 2. The Morgan fingerprint density at radius 3 is 2.33 bits per heavy atom. The van der Waals surface area contributed by atoms with Crippen molar-refractivity contribution in [3.63, 3.8) is 0 Å². The van der Waals surface area contributed by atoms with Crippen molar-refractivity contribution in [3.8, 4) is 6.07 Å². The first-order valence-corrected chi connectivity index (χ1v) is 6.40. The Bertz CT molecular complexity index is 721. The molecule has 2 aromatic carbocycles. The van der Waals surface area contributed by atoms with Gasteiger partial charge in [0.05, 0.1) is 27.5 Å². The van der Waals surface area contributed by atoms with Crippen LogP contribution in [0.3, 0.4) is 0 Å². The lowest BCUT2D eigenvalue weighted by Crippen LogP contribution is -2.06. The molecular weight excluding hydrogens is 324 g/mol. The maximum atomic E-state index is 12.6. The van der Waals surface area contributed by atoms with E-state index >= 15 is 0 Å². The summed E-state index contributed by atoms with van der Waals surface area (Å²) in [5, 5.41) is 12.5. The van der Waals surface area contributed by atoms with Gasteiger partial charge in [-0.2, -0.15) is 18.4 Å². The second-order valence-corrected chi connectivity index (χ2v) is 4.96. The summed E-state index contributed by atoms with van der Waals surface area (Å²) in [6.45, 7) is 0. The van der Waals surface area contributed by atoms with Gasteiger partial charge < -0.3 is 5.32 Å². The van der Waals surface area contributed by atoms with Crippen molar-refractivity contribution < 1.29 is 13.2 Å². The highest BCUT2D eigenvalue weighted by Crippen LogP contribution is 2.34. The molecule has 0 spiro atoms. The molecule has 0 aliphatic carbocycles. The van der Waals surface area contributed by atoms with Crippen LogP contribution in [-0.4, -0.2) is 0 Å². The summed E-state index contributed by atoms with van der Waals surface area (Å²) < 4.78 is 37.8. The molecule has 0 saturated heterocycles. The highest BCUT2D eigenvalue weighted by molar-refractivity contribution is 6.35. The first-order chi connectivity index (χ1) is 9.81. The van der Waals surface area contributed by atoms with E-state index in [0.29, 0.717) is 15.7 Å². The third kappa shape index (κ3) is 3.60. The zero-order valence-electron chi connectivity index (χ0n) is 10.3. The molecule has 108 valence electrons. The normalized spacial score (nSPS) is 11.0. The molecule has 0 fully saturated rings. The van der Waals surface area contributed by atoms with E-state index in [1.54, 1.807) is 18.2 Å². The van der Waals surface area contributed by atoms with Crippen LogP contribution in [0.1, 0.15) is 11.1 Å².